The molecule has 0 bridgehead atoms. The Bertz CT molecular complexity index is 820. The monoisotopic (exact) mass is 375 g/mol. The maximum absolute atomic E-state index is 12.3. The van der Waals surface area contributed by atoms with Crippen molar-refractivity contribution in [3.63, 3.8) is 0 Å². The number of carbonyl (C=O) groups is 2. The number of esters is 1. The first-order valence-corrected chi connectivity index (χ1v) is 7.94. The van der Waals surface area contributed by atoms with Crippen LogP contribution in [-0.2, 0) is 9.53 Å². The van der Waals surface area contributed by atoms with E-state index in [1.807, 2.05) is 0 Å². The molecule has 0 aromatic heterocycles. The Morgan fingerprint density at radius 3 is 2.26 bits per heavy atom. The van der Waals surface area contributed by atoms with Gasteiger partial charge in [0.25, 0.3) is 5.91 Å². The third-order valence-corrected chi connectivity index (χ3v) is 3.64. The molecule has 0 spiro atoms. The van der Waals surface area contributed by atoms with Crippen molar-refractivity contribution in [2.75, 3.05) is 40.4 Å². The molecule has 0 saturated carbocycles. The van der Waals surface area contributed by atoms with Crippen molar-refractivity contribution < 1.29 is 33.3 Å². The summed E-state index contributed by atoms with van der Waals surface area (Å²) in [6.45, 7) is -0.487. The standard InChI is InChI=1S/C19H21NO7/c1-23-12-8-9-15(24-2)14(10-12)20-17(21)11-27-19(22)13-6-5-7-16(25-3)18(13)26-4/h5-10H,11H2,1-4H3,(H,20,21). The molecule has 0 saturated heterocycles. The van der Waals surface area contributed by atoms with Crippen molar-refractivity contribution in [3.05, 3.63) is 42.0 Å². The van der Waals surface area contributed by atoms with Gasteiger partial charge in [0.1, 0.15) is 17.1 Å². The molecule has 2 aromatic carbocycles. The highest BCUT2D eigenvalue weighted by Crippen LogP contribution is 2.31. The number of para-hydroxylation sites is 1. The van der Waals surface area contributed by atoms with Gasteiger partial charge in [-0.25, -0.2) is 4.79 Å². The molecule has 8 nitrogen and oxygen atoms in total. The lowest BCUT2D eigenvalue weighted by Crippen LogP contribution is -2.21. The SMILES string of the molecule is COc1ccc(OC)c(NC(=O)COC(=O)c2cccc(OC)c2OC)c1. The highest BCUT2D eigenvalue weighted by atomic mass is 16.5. The molecule has 0 atom stereocenters. The number of benzene rings is 2. The van der Waals surface area contributed by atoms with E-state index < -0.39 is 18.5 Å². The fourth-order valence-corrected chi connectivity index (χ4v) is 2.35. The minimum absolute atomic E-state index is 0.156. The van der Waals surface area contributed by atoms with E-state index >= 15 is 0 Å². The van der Waals surface area contributed by atoms with Gasteiger partial charge in [0.15, 0.2) is 18.1 Å². The minimum atomic E-state index is -0.710. The molecule has 0 aliphatic rings. The second kappa shape index (κ2) is 9.33. The summed E-state index contributed by atoms with van der Waals surface area (Å²) in [4.78, 5) is 24.4. The zero-order chi connectivity index (χ0) is 19.8. The summed E-state index contributed by atoms with van der Waals surface area (Å²) < 4.78 is 25.7. The molecule has 2 rings (SSSR count). The molecule has 8 heteroatoms. The maximum atomic E-state index is 12.3. The van der Waals surface area contributed by atoms with E-state index in [9.17, 15) is 9.59 Å². The Balaban J connectivity index is 2.05. The van der Waals surface area contributed by atoms with Crippen LogP contribution in [0.1, 0.15) is 10.4 Å². The Hall–Kier alpha value is -3.42. The van der Waals surface area contributed by atoms with Gasteiger partial charge >= 0.3 is 5.97 Å². The first-order valence-electron chi connectivity index (χ1n) is 7.94. The van der Waals surface area contributed by atoms with Crippen molar-refractivity contribution in [1.29, 1.82) is 0 Å². The van der Waals surface area contributed by atoms with Crippen LogP contribution in [0.15, 0.2) is 36.4 Å². The van der Waals surface area contributed by atoms with Crippen LogP contribution in [0.25, 0.3) is 0 Å². The lowest BCUT2D eigenvalue weighted by Gasteiger charge is -2.13. The Morgan fingerprint density at radius 1 is 0.889 bits per heavy atom. The summed E-state index contributed by atoms with van der Waals surface area (Å²) in [6.07, 6.45) is 0. The van der Waals surface area contributed by atoms with Crippen LogP contribution in [0.3, 0.4) is 0 Å². The van der Waals surface area contributed by atoms with Crippen LogP contribution in [0.4, 0.5) is 5.69 Å². The number of hydrogen-bond acceptors (Lipinski definition) is 7. The van der Waals surface area contributed by atoms with E-state index in [4.69, 9.17) is 23.7 Å². The van der Waals surface area contributed by atoms with E-state index in [0.29, 0.717) is 22.9 Å². The fraction of sp³-hybridized carbons (Fsp3) is 0.263. The number of rotatable bonds is 8. The first kappa shape index (κ1) is 19.9. The zero-order valence-electron chi connectivity index (χ0n) is 15.5. The second-order valence-electron chi connectivity index (χ2n) is 5.23. The molecule has 0 heterocycles. The molecule has 27 heavy (non-hydrogen) atoms. The number of hydrogen-bond donors (Lipinski definition) is 1. The molecular formula is C19H21NO7. The summed E-state index contributed by atoms with van der Waals surface area (Å²) in [5.41, 5.74) is 0.556. The first-order chi connectivity index (χ1) is 13.0. The van der Waals surface area contributed by atoms with Gasteiger partial charge in [0.05, 0.1) is 34.1 Å². The average molecular weight is 375 g/mol. The van der Waals surface area contributed by atoms with E-state index in [1.165, 1.54) is 34.5 Å². The van der Waals surface area contributed by atoms with Gasteiger partial charge in [0.2, 0.25) is 0 Å². The van der Waals surface area contributed by atoms with Gasteiger partial charge in [-0.1, -0.05) is 6.07 Å². The Labute approximate surface area is 156 Å². The quantitative estimate of drug-likeness (QED) is 0.709. The van der Waals surface area contributed by atoms with Crippen molar-refractivity contribution in [2.24, 2.45) is 0 Å². The molecule has 1 amide bonds. The molecule has 0 radical (unpaired) electrons. The summed E-state index contributed by atoms with van der Waals surface area (Å²) >= 11 is 0. The van der Waals surface area contributed by atoms with Crippen molar-refractivity contribution in [3.8, 4) is 23.0 Å². The van der Waals surface area contributed by atoms with Gasteiger partial charge in [0, 0.05) is 6.07 Å². The number of anilines is 1. The van der Waals surface area contributed by atoms with Crippen molar-refractivity contribution in [1.82, 2.24) is 0 Å². The van der Waals surface area contributed by atoms with E-state index in [2.05, 4.69) is 5.32 Å². The highest BCUT2D eigenvalue weighted by molar-refractivity contribution is 5.98. The third-order valence-electron chi connectivity index (χ3n) is 3.64. The highest BCUT2D eigenvalue weighted by Gasteiger charge is 2.19. The lowest BCUT2D eigenvalue weighted by molar-refractivity contribution is -0.119. The van der Waals surface area contributed by atoms with Crippen LogP contribution < -0.4 is 24.3 Å². The van der Waals surface area contributed by atoms with Crippen LogP contribution in [0.5, 0.6) is 23.0 Å². The molecule has 0 fully saturated rings. The second-order valence-corrected chi connectivity index (χ2v) is 5.23. The molecular weight excluding hydrogens is 354 g/mol. The fourth-order valence-electron chi connectivity index (χ4n) is 2.35. The summed E-state index contributed by atoms with van der Waals surface area (Å²) in [7, 11) is 5.86. The van der Waals surface area contributed by atoms with Crippen molar-refractivity contribution >= 4 is 17.6 Å². The van der Waals surface area contributed by atoms with Gasteiger partial charge in [-0.3, -0.25) is 4.79 Å². The average Bonchev–Trinajstić information content (AvgIpc) is 2.71. The van der Waals surface area contributed by atoms with Crippen molar-refractivity contribution in [2.45, 2.75) is 0 Å². The van der Waals surface area contributed by atoms with E-state index in [1.54, 1.807) is 30.3 Å². The summed E-state index contributed by atoms with van der Waals surface area (Å²) in [5, 5.41) is 2.62. The number of amides is 1. The van der Waals surface area contributed by atoms with E-state index in [0.717, 1.165) is 0 Å². The summed E-state index contributed by atoms with van der Waals surface area (Å²) in [5.74, 6) is 0.377. The predicted octanol–water partition coefficient (Wildman–Crippen LogP) is 2.52. The number of methoxy groups -OCH3 is 4. The van der Waals surface area contributed by atoms with Gasteiger partial charge < -0.3 is 29.0 Å². The van der Waals surface area contributed by atoms with Gasteiger partial charge in [-0.2, -0.15) is 0 Å². The minimum Gasteiger partial charge on any atom is -0.497 e. The third kappa shape index (κ3) is 4.81. The Kier molecular flexibility index (Phi) is 6.87. The number of nitrogens with one attached hydrogen (secondary N) is 1. The largest absolute Gasteiger partial charge is 0.497 e. The topological polar surface area (TPSA) is 92.3 Å². The maximum Gasteiger partial charge on any atom is 0.342 e. The smallest absolute Gasteiger partial charge is 0.342 e. The molecule has 0 aliphatic heterocycles. The van der Waals surface area contributed by atoms with Crippen LogP contribution >= 0.6 is 0 Å². The zero-order valence-corrected chi connectivity index (χ0v) is 15.5. The number of ether oxygens (including phenoxy) is 5. The molecule has 1 N–H and O–H groups in total. The van der Waals surface area contributed by atoms with Crippen LogP contribution in [-0.4, -0.2) is 46.9 Å². The lowest BCUT2D eigenvalue weighted by atomic mass is 10.2. The van der Waals surface area contributed by atoms with Crippen LogP contribution in [0.2, 0.25) is 0 Å². The molecule has 144 valence electrons. The normalized spacial score (nSPS) is 9.93. The summed E-state index contributed by atoms with van der Waals surface area (Å²) in [6, 6.07) is 9.75. The van der Waals surface area contributed by atoms with Crippen LogP contribution in [0, 0.1) is 0 Å². The van der Waals surface area contributed by atoms with Gasteiger partial charge in [-0.15, -0.1) is 0 Å². The molecule has 0 unspecified atom stereocenters. The molecule has 0 aliphatic carbocycles. The molecule has 2 aromatic rings. The number of carbonyl (C=O) groups excluding carboxylic acids is 2. The predicted molar refractivity (Wildman–Crippen MR) is 98.0 cm³/mol. The van der Waals surface area contributed by atoms with E-state index in [-0.39, 0.29) is 11.3 Å². The van der Waals surface area contributed by atoms with Gasteiger partial charge in [-0.05, 0) is 24.3 Å². The Morgan fingerprint density at radius 2 is 1.63 bits per heavy atom.